The normalized spacial score (nSPS) is 11.8. The molecule has 0 aliphatic carbocycles. The molecule has 1 N–H and O–H groups in total. The highest BCUT2D eigenvalue weighted by atomic mass is 32.2. The van der Waals surface area contributed by atoms with Crippen LogP contribution in [-0.2, 0) is 0 Å². The highest BCUT2D eigenvalue weighted by Gasteiger charge is 2.20. The van der Waals surface area contributed by atoms with Crippen molar-refractivity contribution in [1.29, 1.82) is 0 Å². The molecule has 3 aromatic rings. The first-order valence-corrected chi connectivity index (χ1v) is 9.49. The summed E-state index contributed by atoms with van der Waals surface area (Å²) in [7, 11) is 1.63. The van der Waals surface area contributed by atoms with E-state index in [-0.39, 0.29) is 11.9 Å². The second-order valence-corrected chi connectivity index (χ2v) is 6.51. The number of carbonyl (C=O) groups excluding carboxylic acids is 1. The number of amides is 1. The molecule has 0 spiro atoms. The topological polar surface area (TPSA) is 56.1 Å². The first kappa shape index (κ1) is 18.1. The van der Waals surface area contributed by atoms with Crippen LogP contribution in [0.4, 0.5) is 0 Å². The van der Waals surface area contributed by atoms with E-state index in [0.29, 0.717) is 5.69 Å². The molecule has 0 fully saturated rings. The number of nitrogens with zero attached hydrogens (tertiary/aromatic N) is 2. The summed E-state index contributed by atoms with van der Waals surface area (Å²) in [6, 6.07) is 17.2. The van der Waals surface area contributed by atoms with Crippen molar-refractivity contribution in [3.05, 3.63) is 72.1 Å². The van der Waals surface area contributed by atoms with E-state index in [0.717, 1.165) is 22.2 Å². The van der Waals surface area contributed by atoms with Gasteiger partial charge in [-0.3, -0.25) is 9.36 Å². The van der Waals surface area contributed by atoms with Gasteiger partial charge in [0.1, 0.15) is 11.4 Å². The molecule has 2 aromatic carbocycles. The van der Waals surface area contributed by atoms with Crippen molar-refractivity contribution in [1.82, 2.24) is 14.9 Å². The molecule has 0 aliphatic heterocycles. The SMILES string of the molecule is COc1ccccc1[C@@H](C)NC(=O)c1cnc(SC)n1-c1ccccc1. The van der Waals surface area contributed by atoms with Crippen LogP contribution in [-0.4, -0.2) is 28.8 Å². The number of nitrogens with one attached hydrogen (secondary N) is 1. The summed E-state index contributed by atoms with van der Waals surface area (Å²) in [5.41, 5.74) is 2.34. The second-order valence-electron chi connectivity index (χ2n) is 5.74. The van der Waals surface area contributed by atoms with E-state index >= 15 is 0 Å². The fraction of sp³-hybridized carbons (Fsp3) is 0.200. The van der Waals surface area contributed by atoms with Gasteiger partial charge in [0.15, 0.2) is 5.16 Å². The van der Waals surface area contributed by atoms with Gasteiger partial charge in [0.2, 0.25) is 0 Å². The first-order valence-electron chi connectivity index (χ1n) is 8.26. The molecule has 0 aliphatic rings. The van der Waals surface area contributed by atoms with Crippen LogP contribution in [0.3, 0.4) is 0 Å². The van der Waals surface area contributed by atoms with Crippen LogP contribution in [0.25, 0.3) is 5.69 Å². The second kappa shape index (κ2) is 8.10. The van der Waals surface area contributed by atoms with Crippen molar-refractivity contribution >= 4 is 17.7 Å². The Morgan fingerprint density at radius 1 is 1.15 bits per heavy atom. The highest BCUT2D eigenvalue weighted by molar-refractivity contribution is 7.98. The molecule has 3 rings (SSSR count). The molecule has 134 valence electrons. The molecule has 0 unspecified atom stereocenters. The number of methoxy groups -OCH3 is 1. The van der Waals surface area contributed by atoms with Crippen molar-refractivity contribution in [3.63, 3.8) is 0 Å². The molecule has 5 nitrogen and oxygen atoms in total. The molecule has 26 heavy (non-hydrogen) atoms. The maximum atomic E-state index is 12.9. The quantitative estimate of drug-likeness (QED) is 0.667. The zero-order valence-electron chi connectivity index (χ0n) is 15.0. The minimum atomic E-state index is -0.199. The van der Waals surface area contributed by atoms with Crippen LogP contribution in [0.15, 0.2) is 66.0 Å². The van der Waals surface area contributed by atoms with Crippen LogP contribution in [0.5, 0.6) is 5.75 Å². The number of thioether (sulfide) groups is 1. The molecule has 1 heterocycles. The molecule has 1 atom stereocenters. The van der Waals surface area contributed by atoms with Crippen molar-refractivity contribution in [2.24, 2.45) is 0 Å². The molecule has 0 saturated carbocycles. The van der Waals surface area contributed by atoms with E-state index in [1.165, 1.54) is 11.8 Å². The van der Waals surface area contributed by atoms with E-state index in [1.807, 2.05) is 72.3 Å². The number of ether oxygens (including phenoxy) is 1. The number of para-hydroxylation sites is 2. The van der Waals surface area contributed by atoms with Gasteiger partial charge in [-0.15, -0.1) is 0 Å². The number of hydrogen-bond donors (Lipinski definition) is 1. The first-order chi connectivity index (χ1) is 12.7. The van der Waals surface area contributed by atoms with Gasteiger partial charge in [0, 0.05) is 11.3 Å². The molecular formula is C20H21N3O2S. The van der Waals surface area contributed by atoms with Crippen LogP contribution in [0.1, 0.15) is 29.0 Å². The maximum Gasteiger partial charge on any atom is 0.270 e. The van der Waals surface area contributed by atoms with Crippen LogP contribution < -0.4 is 10.1 Å². The van der Waals surface area contributed by atoms with Gasteiger partial charge >= 0.3 is 0 Å². The summed E-state index contributed by atoms with van der Waals surface area (Å²) in [6.45, 7) is 1.94. The van der Waals surface area contributed by atoms with Gasteiger partial charge in [-0.25, -0.2) is 4.98 Å². The summed E-state index contributed by atoms with van der Waals surface area (Å²) >= 11 is 1.50. The van der Waals surface area contributed by atoms with Gasteiger partial charge < -0.3 is 10.1 Å². The number of hydrogen-bond acceptors (Lipinski definition) is 4. The van der Waals surface area contributed by atoms with Gasteiger partial charge in [-0.05, 0) is 31.4 Å². The van der Waals surface area contributed by atoms with Crippen molar-refractivity contribution in [2.75, 3.05) is 13.4 Å². The third kappa shape index (κ3) is 3.60. The minimum Gasteiger partial charge on any atom is -0.496 e. The lowest BCUT2D eigenvalue weighted by atomic mass is 10.1. The summed E-state index contributed by atoms with van der Waals surface area (Å²) in [5, 5.41) is 3.82. The van der Waals surface area contributed by atoms with Crippen molar-refractivity contribution < 1.29 is 9.53 Å². The van der Waals surface area contributed by atoms with Crippen molar-refractivity contribution in [2.45, 2.75) is 18.1 Å². The zero-order chi connectivity index (χ0) is 18.5. The number of imidazole rings is 1. The Morgan fingerprint density at radius 2 is 1.85 bits per heavy atom. The molecule has 6 heteroatoms. The van der Waals surface area contributed by atoms with E-state index in [2.05, 4.69) is 10.3 Å². The predicted octanol–water partition coefficient (Wildman–Crippen LogP) is 4.09. The van der Waals surface area contributed by atoms with Crippen LogP contribution in [0, 0.1) is 0 Å². The van der Waals surface area contributed by atoms with Crippen LogP contribution in [0.2, 0.25) is 0 Å². The molecule has 0 saturated heterocycles. The summed E-state index contributed by atoms with van der Waals surface area (Å²) < 4.78 is 7.27. The number of carbonyl (C=O) groups is 1. The third-order valence-corrected chi connectivity index (χ3v) is 4.77. The monoisotopic (exact) mass is 367 g/mol. The standard InChI is InChI=1S/C20H21N3O2S/c1-14(16-11-7-8-12-18(16)25-2)22-19(24)17-13-21-20(26-3)23(17)15-9-5-4-6-10-15/h4-14H,1-3H3,(H,22,24)/t14-/m1/s1. The molecule has 1 aromatic heterocycles. The highest BCUT2D eigenvalue weighted by Crippen LogP contribution is 2.26. The third-order valence-electron chi connectivity index (χ3n) is 4.11. The van der Waals surface area contributed by atoms with Gasteiger partial charge in [-0.2, -0.15) is 0 Å². The fourth-order valence-electron chi connectivity index (χ4n) is 2.84. The number of aromatic nitrogens is 2. The Labute approximate surface area is 157 Å². The summed E-state index contributed by atoms with van der Waals surface area (Å²) in [4.78, 5) is 17.3. The molecule has 1 amide bonds. The lowest BCUT2D eigenvalue weighted by Gasteiger charge is -2.18. The van der Waals surface area contributed by atoms with Gasteiger partial charge in [0.25, 0.3) is 5.91 Å². The largest absolute Gasteiger partial charge is 0.496 e. The number of rotatable bonds is 6. The zero-order valence-corrected chi connectivity index (χ0v) is 15.8. The smallest absolute Gasteiger partial charge is 0.270 e. The minimum absolute atomic E-state index is 0.181. The maximum absolute atomic E-state index is 12.9. The number of benzene rings is 2. The Morgan fingerprint density at radius 3 is 2.54 bits per heavy atom. The van der Waals surface area contributed by atoms with E-state index in [4.69, 9.17) is 4.74 Å². The van der Waals surface area contributed by atoms with E-state index < -0.39 is 0 Å². The summed E-state index contributed by atoms with van der Waals surface area (Å²) in [6.07, 6.45) is 3.56. The average molecular weight is 367 g/mol. The van der Waals surface area contributed by atoms with Gasteiger partial charge in [0.05, 0.1) is 19.3 Å². The van der Waals surface area contributed by atoms with E-state index in [9.17, 15) is 4.79 Å². The Kier molecular flexibility index (Phi) is 5.63. The molecular weight excluding hydrogens is 346 g/mol. The summed E-state index contributed by atoms with van der Waals surface area (Å²) in [5.74, 6) is 0.571. The van der Waals surface area contributed by atoms with Crippen LogP contribution >= 0.6 is 11.8 Å². The van der Waals surface area contributed by atoms with Gasteiger partial charge in [-0.1, -0.05) is 48.2 Å². The molecule has 0 bridgehead atoms. The Balaban J connectivity index is 1.90. The molecule has 0 radical (unpaired) electrons. The average Bonchev–Trinajstić information content (AvgIpc) is 3.12. The van der Waals surface area contributed by atoms with E-state index in [1.54, 1.807) is 13.3 Å². The lowest BCUT2D eigenvalue weighted by molar-refractivity contribution is 0.0932. The van der Waals surface area contributed by atoms with Crippen molar-refractivity contribution in [3.8, 4) is 11.4 Å². The Bertz CT molecular complexity index is 893. The predicted molar refractivity (Wildman–Crippen MR) is 104 cm³/mol. The Hall–Kier alpha value is -2.73. The lowest BCUT2D eigenvalue weighted by Crippen LogP contribution is -2.28. The fourth-order valence-corrected chi connectivity index (χ4v) is 3.38.